The Balaban J connectivity index is 1.32. The van der Waals surface area contributed by atoms with Crippen molar-refractivity contribution in [2.45, 2.75) is 26.8 Å². The molecule has 4 aromatic heterocycles. The van der Waals surface area contributed by atoms with E-state index in [2.05, 4.69) is 71.0 Å². The molecule has 37 heavy (non-hydrogen) atoms. The van der Waals surface area contributed by atoms with Gasteiger partial charge in [0.15, 0.2) is 17.0 Å². The number of anilines is 1. The van der Waals surface area contributed by atoms with Crippen LogP contribution in [0, 0.1) is 6.92 Å². The van der Waals surface area contributed by atoms with E-state index in [0.717, 1.165) is 65.6 Å². The Morgan fingerprint density at radius 1 is 0.919 bits per heavy atom. The summed E-state index contributed by atoms with van der Waals surface area (Å²) in [6, 6.07) is 13.5. The molecule has 5 aromatic rings. The van der Waals surface area contributed by atoms with Gasteiger partial charge in [0.05, 0.1) is 12.8 Å². The van der Waals surface area contributed by atoms with Crippen LogP contribution in [0.2, 0.25) is 0 Å². The first-order valence-corrected chi connectivity index (χ1v) is 12.7. The second-order valence-electron chi connectivity index (χ2n) is 9.98. The van der Waals surface area contributed by atoms with Crippen molar-refractivity contribution in [1.29, 1.82) is 0 Å². The second-order valence-corrected chi connectivity index (χ2v) is 9.98. The first-order valence-electron chi connectivity index (χ1n) is 12.7. The van der Waals surface area contributed by atoms with E-state index in [-0.39, 0.29) is 0 Å². The number of nitrogens with zero attached hydrogens (tertiary/aromatic N) is 8. The standard InChI is InChI=1S/C28H32N8O/c1-18(2)34-10-12-35(13-11-34)22-8-6-20(7-9-22)23-14-19(3)25-28(31-23)33(4)26(32-25)21-15-24(37-5)27-29-17-30-36(27)16-21/h6-9,14-18H,10-13H2,1-5H3. The molecule has 1 aromatic carbocycles. The Labute approximate surface area is 216 Å². The highest BCUT2D eigenvalue weighted by Gasteiger charge is 2.20. The Morgan fingerprint density at radius 2 is 1.68 bits per heavy atom. The number of hydrogen-bond acceptors (Lipinski definition) is 7. The van der Waals surface area contributed by atoms with Crippen molar-refractivity contribution >= 4 is 22.5 Å². The number of aromatic nitrogens is 6. The van der Waals surface area contributed by atoms with Gasteiger partial charge in [-0.15, -0.1) is 0 Å². The number of hydrogen-bond donors (Lipinski definition) is 0. The van der Waals surface area contributed by atoms with Crippen LogP contribution in [0.25, 0.3) is 39.5 Å². The first kappa shape index (κ1) is 23.4. The average Bonchev–Trinajstić information content (AvgIpc) is 3.53. The van der Waals surface area contributed by atoms with E-state index < -0.39 is 0 Å². The minimum atomic E-state index is 0.605. The molecule has 0 aliphatic carbocycles. The molecule has 190 valence electrons. The summed E-state index contributed by atoms with van der Waals surface area (Å²) < 4.78 is 9.30. The van der Waals surface area contributed by atoms with Gasteiger partial charge in [-0.25, -0.2) is 19.5 Å². The molecule has 1 fully saturated rings. The van der Waals surface area contributed by atoms with Crippen LogP contribution in [0.4, 0.5) is 5.69 Å². The fourth-order valence-electron chi connectivity index (χ4n) is 5.22. The van der Waals surface area contributed by atoms with Crippen LogP contribution in [0.1, 0.15) is 19.4 Å². The van der Waals surface area contributed by atoms with Gasteiger partial charge in [0.2, 0.25) is 0 Å². The maximum Gasteiger partial charge on any atom is 0.197 e. The third-order valence-corrected chi connectivity index (χ3v) is 7.41. The van der Waals surface area contributed by atoms with Crippen molar-refractivity contribution in [2.75, 3.05) is 38.2 Å². The van der Waals surface area contributed by atoms with E-state index in [0.29, 0.717) is 17.4 Å². The number of benzene rings is 1. The summed E-state index contributed by atoms with van der Waals surface area (Å²) in [4.78, 5) is 19.3. The van der Waals surface area contributed by atoms with E-state index in [4.69, 9.17) is 14.7 Å². The third kappa shape index (κ3) is 4.09. The number of pyridine rings is 2. The Bertz CT molecular complexity index is 1580. The zero-order valence-electron chi connectivity index (χ0n) is 22.0. The predicted molar refractivity (Wildman–Crippen MR) is 146 cm³/mol. The van der Waals surface area contributed by atoms with Gasteiger partial charge < -0.3 is 14.2 Å². The maximum atomic E-state index is 5.55. The molecular weight excluding hydrogens is 464 g/mol. The zero-order chi connectivity index (χ0) is 25.7. The fourth-order valence-corrected chi connectivity index (χ4v) is 5.22. The fraction of sp³-hybridized carbons (Fsp3) is 0.357. The summed E-state index contributed by atoms with van der Waals surface area (Å²) in [5.41, 5.74) is 7.69. The number of aryl methyl sites for hydroxylation is 2. The number of piperazine rings is 1. The van der Waals surface area contributed by atoms with Gasteiger partial charge in [0.1, 0.15) is 17.7 Å². The topological polar surface area (TPSA) is 76.6 Å². The number of imidazole rings is 1. The minimum Gasteiger partial charge on any atom is -0.493 e. The SMILES string of the molecule is COc1cc(-c2nc3c(C)cc(-c4ccc(N5CCN(C(C)C)CC5)cc4)nc3n2C)cn2ncnc12. The van der Waals surface area contributed by atoms with Crippen molar-refractivity contribution in [3.8, 4) is 28.4 Å². The lowest BCUT2D eigenvalue weighted by molar-refractivity contribution is 0.209. The maximum absolute atomic E-state index is 5.55. The van der Waals surface area contributed by atoms with E-state index >= 15 is 0 Å². The normalized spacial score (nSPS) is 14.8. The predicted octanol–water partition coefficient (Wildman–Crippen LogP) is 4.19. The minimum absolute atomic E-state index is 0.605. The molecule has 1 aliphatic heterocycles. The molecule has 0 bridgehead atoms. The Morgan fingerprint density at radius 3 is 2.38 bits per heavy atom. The Hall–Kier alpha value is -3.98. The largest absolute Gasteiger partial charge is 0.493 e. The average molecular weight is 497 g/mol. The van der Waals surface area contributed by atoms with Gasteiger partial charge in [0.25, 0.3) is 0 Å². The molecule has 0 radical (unpaired) electrons. The molecular formula is C28H32N8O. The molecule has 1 saturated heterocycles. The lowest BCUT2D eigenvalue weighted by Gasteiger charge is -2.38. The zero-order valence-corrected chi connectivity index (χ0v) is 22.0. The smallest absolute Gasteiger partial charge is 0.197 e. The summed E-state index contributed by atoms with van der Waals surface area (Å²) in [5, 5.41) is 4.29. The molecule has 0 N–H and O–H groups in total. The number of ether oxygens (including phenoxy) is 1. The molecule has 0 amide bonds. The molecule has 0 unspecified atom stereocenters. The summed E-state index contributed by atoms with van der Waals surface area (Å²) in [5.74, 6) is 1.45. The molecule has 9 heteroatoms. The van der Waals surface area contributed by atoms with Crippen molar-refractivity contribution in [2.24, 2.45) is 7.05 Å². The summed E-state index contributed by atoms with van der Waals surface area (Å²) in [6.45, 7) is 11.0. The van der Waals surface area contributed by atoms with Gasteiger partial charge in [-0.2, -0.15) is 5.10 Å². The van der Waals surface area contributed by atoms with E-state index in [1.54, 1.807) is 11.6 Å². The lowest BCUT2D eigenvalue weighted by Crippen LogP contribution is -2.48. The molecule has 0 atom stereocenters. The van der Waals surface area contributed by atoms with E-state index in [1.807, 2.05) is 23.9 Å². The van der Waals surface area contributed by atoms with Gasteiger partial charge in [-0.3, -0.25) is 4.90 Å². The second kappa shape index (κ2) is 9.15. The van der Waals surface area contributed by atoms with E-state index in [9.17, 15) is 0 Å². The van der Waals surface area contributed by atoms with Gasteiger partial charge in [-0.1, -0.05) is 12.1 Å². The molecule has 9 nitrogen and oxygen atoms in total. The third-order valence-electron chi connectivity index (χ3n) is 7.41. The molecule has 1 aliphatic rings. The first-order chi connectivity index (χ1) is 17.9. The van der Waals surface area contributed by atoms with Crippen LogP contribution in [0.15, 0.2) is 48.9 Å². The van der Waals surface area contributed by atoms with E-state index in [1.165, 1.54) is 12.0 Å². The van der Waals surface area contributed by atoms with Gasteiger partial charge in [0, 0.05) is 62.3 Å². The van der Waals surface area contributed by atoms with Gasteiger partial charge >= 0.3 is 0 Å². The number of rotatable bonds is 5. The monoisotopic (exact) mass is 496 g/mol. The van der Waals surface area contributed by atoms with Crippen LogP contribution >= 0.6 is 0 Å². The highest BCUT2D eigenvalue weighted by Crippen LogP contribution is 2.31. The van der Waals surface area contributed by atoms with Crippen LogP contribution < -0.4 is 9.64 Å². The number of methoxy groups -OCH3 is 1. The lowest BCUT2D eigenvalue weighted by atomic mass is 10.1. The van der Waals surface area contributed by atoms with Crippen molar-refractivity contribution in [3.63, 3.8) is 0 Å². The quantitative estimate of drug-likeness (QED) is 0.361. The summed E-state index contributed by atoms with van der Waals surface area (Å²) >= 11 is 0. The molecule has 5 heterocycles. The molecule has 0 saturated carbocycles. The van der Waals surface area contributed by atoms with Crippen molar-refractivity contribution in [3.05, 3.63) is 54.5 Å². The van der Waals surface area contributed by atoms with Crippen LogP contribution in [-0.4, -0.2) is 73.4 Å². The molecule has 0 spiro atoms. The number of fused-ring (bicyclic) bond motifs is 2. The highest BCUT2D eigenvalue weighted by atomic mass is 16.5. The van der Waals surface area contributed by atoms with Crippen LogP contribution in [-0.2, 0) is 7.05 Å². The highest BCUT2D eigenvalue weighted by molar-refractivity contribution is 5.83. The van der Waals surface area contributed by atoms with Crippen LogP contribution in [0.5, 0.6) is 5.75 Å². The summed E-state index contributed by atoms with van der Waals surface area (Å²) in [6.07, 6.45) is 3.44. The van der Waals surface area contributed by atoms with Crippen molar-refractivity contribution < 1.29 is 4.74 Å². The molecule has 6 rings (SSSR count). The van der Waals surface area contributed by atoms with Crippen LogP contribution in [0.3, 0.4) is 0 Å². The summed E-state index contributed by atoms with van der Waals surface area (Å²) in [7, 11) is 3.64. The van der Waals surface area contributed by atoms with Gasteiger partial charge in [-0.05, 0) is 50.6 Å². The Kier molecular flexibility index (Phi) is 5.79. The van der Waals surface area contributed by atoms with Crippen molar-refractivity contribution in [1.82, 2.24) is 34.0 Å².